The van der Waals surface area contributed by atoms with Gasteiger partial charge in [0, 0.05) is 16.3 Å². The third kappa shape index (κ3) is 3.66. The molecule has 0 spiro atoms. The van der Waals surface area contributed by atoms with Crippen molar-refractivity contribution in [2.45, 2.75) is 13.5 Å². The summed E-state index contributed by atoms with van der Waals surface area (Å²) in [5, 5.41) is 0.662. The van der Waals surface area contributed by atoms with Crippen LogP contribution in [0.5, 0.6) is 0 Å². The summed E-state index contributed by atoms with van der Waals surface area (Å²) in [6.07, 6.45) is 0. The summed E-state index contributed by atoms with van der Waals surface area (Å²) < 4.78 is 0. The number of hydrogen-bond donors (Lipinski definition) is 0. The van der Waals surface area contributed by atoms with Gasteiger partial charge in [-0.3, -0.25) is 4.79 Å². The Hall–Kier alpha value is -2.58. The molecule has 0 N–H and O–H groups in total. The number of hydrogen-bond acceptors (Lipinski definition) is 1. The molecule has 3 aromatic rings. The molecule has 2 nitrogen and oxygen atoms in total. The maximum Gasteiger partial charge on any atom is 0.258 e. The van der Waals surface area contributed by atoms with Gasteiger partial charge in [0.2, 0.25) is 0 Å². The number of nitrogens with zero attached hydrogens (tertiary/aromatic N) is 1. The molecule has 0 unspecified atom stereocenters. The molecule has 0 aromatic heterocycles. The molecule has 0 fully saturated rings. The molecule has 0 radical (unpaired) electrons. The Labute approximate surface area is 147 Å². The van der Waals surface area contributed by atoms with Gasteiger partial charge < -0.3 is 4.90 Å². The van der Waals surface area contributed by atoms with Crippen LogP contribution < -0.4 is 4.90 Å². The van der Waals surface area contributed by atoms with Crippen molar-refractivity contribution < 1.29 is 4.79 Å². The van der Waals surface area contributed by atoms with Gasteiger partial charge in [-0.05, 0) is 42.8 Å². The van der Waals surface area contributed by atoms with E-state index in [0.717, 1.165) is 16.8 Å². The average molecular weight is 336 g/mol. The van der Waals surface area contributed by atoms with E-state index < -0.39 is 0 Å². The maximum absolute atomic E-state index is 13.1. The van der Waals surface area contributed by atoms with Crippen LogP contribution in [0.2, 0.25) is 5.02 Å². The van der Waals surface area contributed by atoms with Gasteiger partial charge in [-0.15, -0.1) is 0 Å². The van der Waals surface area contributed by atoms with E-state index in [4.69, 9.17) is 11.6 Å². The highest BCUT2D eigenvalue weighted by Crippen LogP contribution is 2.23. The second-order valence-electron chi connectivity index (χ2n) is 5.68. The van der Waals surface area contributed by atoms with E-state index in [0.29, 0.717) is 17.1 Å². The first-order chi connectivity index (χ1) is 11.6. The summed E-state index contributed by atoms with van der Waals surface area (Å²) in [6.45, 7) is 2.43. The molecule has 0 bridgehead atoms. The van der Waals surface area contributed by atoms with Crippen LogP contribution in [0.15, 0.2) is 78.9 Å². The van der Waals surface area contributed by atoms with Gasteiger partial charge in [0.15, 0.2) is 0 Å². The van der Waals surface area contributed by atoms with E-state index >= 15 is 0 Å². The van der Waals surface area contributed by atoms with E-state index in [1.165, 1.54) is 0 Å². The summed E-state index contributed by atoms with van der Waals surface area (Å²) >= 11 is 6.29. The quantitative estimate of drug-likeness (QED) is 0.617. The van der Waals surface area contributed by atoms with Crippen molar-refractivity contribution in [2.24, 2.45) is 0 Å². The molecule has 0 saturated carbocycles. The molecule has 120 valence electrons. The molecule has 1 amide bonds. The lowest BCUT2D eigenvalue weighted by Gasteiger charge is -2.23. The number of carbonyl (C=O) groups is 1. The van der Waals surface area contributed by atoms with Gasteiger partial charge in [0.25, 0.3) is 5.91 Å². The third-order valence-corrected chi connectivity index (χ3v) is 4.27. The average Bonchev–Trinajstić information content (AvgIpc) is 2.62. The molecular weight excluding hydrogens is 318 g/mol. The molecule has 3 rings (SSSR count). The van der Waals surface area contributed by atoms with Crippen molar-refractivity contribution in [1.29, 1.82) is 0 Å². The topological polar surface area (TPSA) is 20.3 Å². The van der Waals surface area contributed by atoms with E-state index in [1.807, 2.05) is 85.8 Å². The van der Waals surface area contributed by atoms with Crippen LogP contribution in [0, 0.1) is 6.92 Å². The second kappa shape index (κ2) is 7.33. The van der Waals surface area contributed by atoms with Crippen molar-refractivity contribution in [1.82, 2.24) is 0 Å². The predicted molar refractivity (Wildman–Crippen MR) is 99.6 cm³/mol. The summed E-state index contributed by atoms with van der Waals surface area (Å²) in [5.74, 6) is -0.0406. The second-order valence-corrected chi connectivity index (χ2v) is 6.09. The van der Waals surface area contributed by atoms with Crippen molar-refractivity contribution in [3.63, 3.8) is 0 Å². The van der Waals surface area contributed by atoms with Crippen molar-refractivity contribution in [2.75, 3.05) is 4.90 Å². The molecule has 0 heterocycles. The monoisotopic (exact) mass is 335 g/mol. The number of halogens is 1. The Morgan fingerprint density at radius 2 is 1.50 bits per heavy atom. The van der Waals surface area contributed by atoms with E-state index in [1.54, 1.807) is 4.90 Å². The first-order valence-corrected chi connectivity index (χ1v) is 8.20. The maximum atomic E-state index is 13.1. The molecule has 0 atom stereocenters. The van der Waals surface area contributed by atoms with E-state index in [-0.39, 0.29) is 5.91 Å². The Morgan fingerprint density at radius 1 is 0.875 bits per heavy atom. The molecule has 3 aromatic carbocycles. The number of rotatable bonds is 4. The van der Waals surface area contributed by atoms with Crippen molar-refractivity contribution in [3.8, 4) is 0 Å². The summed E-state index contributed by atoms with van der Waals surface area (Å²) in [6, 6.07) is 24.9. The van der Waals surface area contributed by atoms with Crippen molar-refractivity contribution in [3.05, 3.63) is 101 Å². The number of amides is 1. The fourth-order valence-corrected chi connectivity index (χ4v) is 2.73. The first-order valence-electron chi connectivity index (χ1n) is 7.82. The molecule has 0 aliphatic rings. The zero-order chi connectivity index (χ0) is 16.9. The molecule has 0 saturated heterocycles. The highest BCUT2D eigenvalue weighted by molar-refractivity contribution is 6.31. The fourth-order valence-electron chi connectivity index (χ4n) is 2.54. The summed E-state index contributed by atoms with van der Waals surface area (Å²) in [7, 11) is 0. The molecular formula is C21H18ClNO. The smallest absolute Gasteiger partial charge is 0.258 e. The fraction of sp³-hybridized carbons (Fsp3) is 0.0952. The minimum Gasteiger partial charge on any atom is -0.304 e. The van der Waals surface area contributed by atoms with Gasteiger partial charge in [0.1, 0.15) is 0 Å². The number of para-hydroxylation sites is 1. The van der Waals surface area contributed by atoms with Crippen LogP contribution in [0.4, 0.5) is 5.69 Å². The van der Waals surface area contributed by atoms with Crippen LogP contribution in [0.3, 0.4) is 0 Å². The van der Waals surface area contributed by atoms with Gasteiger partial charge >= 0.3 is 0 Å². The van der Waals surface area contributed by atoms with E-state index in [9.17, 15) is 4.79 Å². The summed E-state index contributed by atoms with van der Waals surface area (Å²) in [4.78, 5) is 14.8. The number of anilines is 1. The Balaban J connectivity index is 1.97. The number of carbonyl (C=O) groups excluding carboxylic acids is 1. The number of benzene rings is 3. The van der Waals surface area contributed by atoms with Crippen LogP contribution >= 0.6 is 11.6 Å². The van der Waals surface area contributed by atoms with Crippen LogP contribution in [-0.4, -0.2) is 5.91 Å². The molecule has 3 heteroatoms. The standard InChI is InChI=1S/C21H18ClNO/c1-16-11-13-17(14-12-16)21(24)23(19-8-3-2-4-9-19)15-18-7-5-6-10-20(18)22/h2-14H,15H2,1H3. The lowest BCUT2D eigenvalue weighted by Crippen LogP contribution is -2.30. The zero-order valence-electron chi connectivity index (χ0n) is 13.4. The largest absolute Gasteiger partial charge is 0.304 e. The Morgan fingerprint density at radius 3 is 2.17 bits per heavy atom. The Kier molecular flexibility index (Phi) is 4.97. The highest BCUT2D eigenvalue weighted by atomic mass is 35.5. The van der Waals surface area contributed by atoms with Crippen LogP contribution in [0.25, 0.3) is 0 Å². The van der Waals surface area contributed by atoms with E-state index in [2.05, 4.69) is 0 Å². The lowest BCUT2D eigenvalue weighted by atomic mass is 10.1. The highest BCUT2D eigenvalue weighted by Gasteiger charge is 2.18. The van der Waals surface area contributed by atoms with Gasteiger partial charge in [-0.25, -0.2) is 0 Å². The van der Waals surface area contributed by atoms with Crippen LogP contribution in [-0.2, 0) is 6.54 Å². The Bertz CT molecular complexity index is 828. The summed E-state index contributed by atoms with van der Waals surface area (Å²) in [5.41, 5.74) is 3.56. The SMILES string of the molecule is Cc1ccc(C(=O)N(Cc2ccccc2Cl)c2ccccc2)cc1. The van der Waals surface area contributed by atoms with Gasteiger partial charge in [-0.1, -0.05) is 65.7 Å². The molecule has 24 heavy (non-hydrogen) atoms. The lowest BCUT2D eigenvalue weighted by molar-refractivity contribution is 0.0985. The minimum atomic E-state index is -0.0406. The predicted octanol–water partition coefficient (Wildman–Crippen LogP) is 5.50. The van der Waals surface area contributed by atoms with Gasteiger partial charge in [0.05, 0.1) is 6.54 Å². The molecule has 0 aliphatic heterocycles. The first kappa shape index (κ1) is 16.3. The number of aryl methyl sites for hydroxylation is 1. The minimum absolute atomic E-state index is 0.0406. The third-order valence-electron chi connectivity index (χ3n) is 3.90. The normalized spacial score (nSPS) is 10.4. The molecule has 0 aliphatic carbocycles. The van der Waals surface area contributed by atoms with Crippen molar-refractivity contribution >= 4 is 23.2 Å². The van der Waals surface area contributed by atoms with Gasteiger partial charge in [-0.2, -0.15) is 0 Å². The van der Waals surface area contributed by atoms with Crippen LogP contribution in [0.1, 0.15) is 21.5 Å². The zero-order valence-corrected chi connectivity index (χ0v) is 14.2.